The lowest BCUT2D eigenvalue weighted by Crippen LogP contribution is -2.06. The number of rotatable bonds is 8. The minimum atomic E-state index is -0.819. The van der Waals surface area contributed by atoms with Gasteiger partial charge >= 0.3 is 5.97 Å². The van der Waals surface area contributed by atoms with Crippen molar-refractivity contribution in [1.82, 2.24) is 0 Å². The molecule has 0 spiro atoms. The van der Waals surface area contributed by atoms with Gasteiger partial charge in [0.1, 0.15) is 11.5 Å². The van der Waals surface area contributed by atoms with Crippen LogP contribution in [0.2, 0.25) is 0 Å². The molecule has 1 N–H and O–H groups in total. The monoisotopic (exact) mass is 328 g/mol. The summed E-state index contributed by atoms with van der Waals surface area (Å²) in [4.78, 5) is 23.1. The quantitative estimate of drug-likeness (QED) is 0.754. The summed E-state index contributed by atoms with van der Waals surface area (Å²) < 4.78 is 10.4. The van der Waals surface area contributed by atoms with E-state index in [1.54, 1.807) is 25.3 Å². The highest BCUT2D eigenvalue weighted by molar-refractivity contribution is 6.00. The molecule has 0 bridgehead atoms. The molecule has 0 heterocycles. The molecule has 2 aromatic carbocycles. The minimum absolute atomic E-state index is 0.0483. The fourth-order valence-electron chi connectivity index (χ4n) is 2.38. The van der Waals surface area contributed by atoms with Gasteiger partial charge in [-0.2, -0.15) is 0 Å². The minimum Gasteiger partial charge on any atom is -0.497 e. The van der Waals surface area contributed by atoms with Crippen molar-refractivity contribution < 1.29 is 24.2 Å². The lowest BCUT2D eigenvalue weighted by atomic mass is 10.00. The lowest BCUT2D eigenvalue weighted by molar-refractivity contribution is -0.136. The van der Waals surface area contributed by atoms with E-state index in [2.05, 4.69) is 0 Å². The standard InChI is InChI=1S/C19H20O5/c1-23-15-8-9-16(18(12-15)24-2)17(20)11-14-5-3-13(4-6-14)7-10-19(21)22/h3-6,8-9,12H,7,10-11H2,1-2H3,(H,21,22). The van der Waals surface area contributed by atoms with Crippen molar-refractivity contribution in [2.24, 2.45) is 0 Å². The topological polar surface area (TPSA) is 72.8 Å². The molecule has 24 heavy (non-hydrogen) atoms. The predicted octanol–water partition coefficient (Wildman–Crippen LogP) is 3.15. The zero-order valence-electron chi connectivity index (χ0n) is 13.7. The first-order valence-electron chi connectivity index (χ1n) is 7.58. The van der Waals surface area contributed by atoms with Gasteiger partial charge in [0.15, 0.2) is 5.78 Å². The first-order chi connectivity index (χ1) is 11.5. The maximum Gasteiger partial charge on any atom is 0.303 e. The summed E-state index contributed by atoms with van der Waals surface area (Å²) in [5.74, 6) is 0.247. The third-order valence-corrected chi connectivity index (χ3v) is 3.72. The number of benzene rings is 2. The molecule has 5 heteroatoms. The predicted molar refractivity (Wildman–Crippen MR) is 90.0 cm³/mol. The van der Waals surface area contributed by atoms with Crippen LogP contribution in [0, 0.1) is 0 Å². The average Bonchev–Trinajstić information content (AvgIpc) is 2.60. The van der Waals surface area contributed by atoms with Gasteiger partial charge in [-0.1, -0.05) is 24.3 Å². The van der Waals surface area contributed by atoms with E-state index in [1.165, 1.54) is 7.11 Å². The number of Topliss-reactive ketones (excluding diaryl/α,β-unsaturated/α-hetero) is 1. The van der Waals surface area contributed by atoms with E-state index in [-0.39, 0.29) is 18.6 Å². The Morgan fingerprint density at radius 1 is 0.958 bits per heavy atom. The van der Waals surface area contributed by atoms with Crippen LogP contribution in [0.5, 0.6) is 11.5 Å². The van der Waals surface area contributed by atoms with E-state index in [1.807, 2.05) is 24.3 Å². The van der Waals surface area contributed by atoms with Gasteiger partial charge in [-0.3, -0.25) is 9.59 Å². The zero-order valence-corrected chi connectivity index (χ0v) is 13.7. The molecule has 0 fully saturated rings. The molecule has 0 saturated carbocycles. The molecule has 0 radical (unpaired) electrons. The van der Waals surface area contributed by atoms with Crippen LogP contribution in [-0.4, -0.2) is 31.1 Å². The van der Waals surface area contributed by atoms with Crippen LogP contribution in [-0.2, 0) is 17.6 Å². The number of aliphatic carboxylic acids is 1. The summed E-state index contributed by atoms with van der Waals surface area (Å²) >= 11 is 0. The third kappa shape index (κ3) is 4.59. The SMILES string of the molecule is COc1ccc(C(=O)Cc2ccc(CCC(=O)O)cc2)c(OC)c1. The molecule has 0 aliphatic rings. The van der Waals surface area contributed by atoms with E-state index in [9.17, 15) is 9.59 Å². The molecule has 0 unspecified atom stereocenters. The van der Waals surface area contributed by atoms with Gasteiger partial charge < -0.3 is 14.6 Å². The molecular formula is C19H20O5. The van der Waals surface area contributed by atoms with Gasteiger partial charge in [-0.25, -0.2) is 0 Å². The Bertz CT molecular complexity index is 719. The number of carbonyl (C=O) groups excluding carboxylic acids is 1. The number of methoxy groups -OCH3 is 2. The second kappa shape index (κ2) is 8.15. The maximum atomic E-state index is 12.5. The Labute approximate surface area is 140 Å². The number of ether oxygens (including phenoxy) is 2. The molecule has 0 aliphatic carbocycles. The Morgan fingerprint density at radius 2 is 1.62 bits per heavy atom. The largest absolute Gasteiger partial charge is 0.497 e. The highest BCUT2D eigenvalue weighted by atomic mass is 16.5. The fourth-order valence-corrected chi connectivity index (χ4v) is 2.38. The number of carboxylic acids is 1. The van der Waals surface area contributed by atoms with E-state index < -0.39 is 5.97 Å². The van der Waals surface area contributed by atoms with Crippen molar-refractivity contribution in [2.45, 2.75) is 19.3 Å². The summed E-state index contributed by atoms with van der Waals surface area (Å²) in [5.41, 5.74) is 2.32. The van der Waals surface area contributed by atoms with Crippen LogP contribution in [0.4, 0.5) is 0 Å². The average molecular weight is 328 g/mol. The smallest absolute Gasteiger partial charge is 0.303 e. The van der Waals surface area contributed by atoms with Gasteiger partial charge in [-0.15, -0.1) is 0 Å². The van der Waals surface area contributed by atoms with Crippen molar-refractivity contribution in [3.8, 4) is 11.5 Å². The Balaban J connectivity index is 2.08. The van der Waals surface area contributed by atoms with Crippen molar-refractivity contribution in [1.29, 1.82) is 0 Å². The van der Waals surface area contributed by atoms with Crippen molar-refractivity contribution in [2.75, 3.05) is 14.2 Å². The van der Waals surface area contributed by atoms with Gasteiger partial charge in [0.05, 0.1) is 19.8 Å². The van der Waals surface area contributed by atoms with E-state index in [4.69, 9.17) is 14.6 Å². The van der Waals surface area contributed by atoms with Crippen LogP contribution in [0.1, 0.15) is 27.9 Å². The van der Waals surface area contributed by atoms with Gasteiger partial charge in [-0.05, 0) is 29.7 Å². The highest BCUT2D eigenvalue weighted by Crippen LogP contribution is 2.25. The number of carbonyl (C=O) groups is 2. The maximum absolute atomic E-state index is 12.5. The Kier molecular flexibility index (Phi) is 5.95. The number of hydrogen-bond acceptors (Lipinski definition) is 4. The van der Waals surface area contributed by atoms with Gasteiger partial charge in [0.2, 0.25) is 0 Å². The molecule has 2 rings (SSSR count). The molecule has 0 atom stereocenters. The summed E-state index contributed by atoms with van der Waals surface area (Å²) in [6, 6.07) is 12.5. The van der Waals surface area contributed by atoms with Crippen molar-refractivity contribution >= 4 is 11.8 Å². The van der Waals surface area contributed by atoms with Crippen LogP contribution in [0.3, 0.4) is 0 Å². The van der Waals surface area contributed by atoms with Gasteiger partial charge in [0.25, 0.3) is 0 Å². The summed E-state index contributed by atoms with van der Waals surface area (Å²) in [7, 11) is 3.07. The number of hydrogen-bond donors (Lipinski definition) is 1. The molecular weight excluding hydrogens is 308 g/mol. The van der Waals surface area contributed by atoms with Crippen LogP contribution >= 0.6 is 0 Å². The van der Waals surface area contributed by atoms with Crippen LogP contribution < -0.4 is 9.47 Å². The number of aryl methyl sites for hydroxylation is 1. The molecule has 0 amide bonds. The van der Waals surface area contributed by atoms with Crippen molar-refractivity contribution in [3.63, 3.8) is 0 Å². The summed E-state index contributed by atoms with van der Waals surface area (Å²) in [6.45, 7) is 0. The van der Waals surface area contributed by atoms with E-state index >= 15 is 0 Å². The second-order valence-corrected chi connectivity index (χ2v) is 5.38. The summed E-state index contributed by atoms with van der Waals surface area (Å²) in [5, 5.41) is 8.70. The molecule has 2 aromatic rings. The van der Waals surface area contributed by atoms with E-state index in [0.29, 0.717) is 23.5 Å². The first kappa shape index (κ1) is 17.5. The Morgan fingerprint density at radius 3 is 2.21 bits per heavy atom. The molecule has 0 saturated heterocycles. The summed E-state index contributed by atoms with van der Waals surface area (Å²) in [6.07, 6.45) is 0.832. The number of ketones is 1. The third-order valence-electron chi connectivity index (χ3n) is 3.72. The zero-order chi connectivity index (χ0) is 17.5. The van der Waals surface area contributed by atoms with Crippen molar-refractivity contribution in [3.05, 3.63) is 59.2 Å². The molecule has 0 aliphatic heterocycles. The molecule has 5 nitrogen and oxygen atoms in total. The highest BCUT2D eigenvalue weighted by Gasteiger charge is 2.14. The number of carboxylic acid groups (broad SMARTS) is 1. The van der Waals surface area contributed by atoms with E-state index in [0.717, 1.165) is 11.1 Å². The fraction of sp³-hybridized carbons (Fsp3) is 0.263. The normalized spacial score (nSPS) is 10.2. The molecule has 0 aromatic heterocycles. The van der Waals surface area contributed by atoms with Crippen LogP contribution in [0.15, 0.2) is 42.5 Å². The lowest BCUT2D eigenvalue weighted by Gasteiger charge is -2.10. The van der Waals surface area contributed by atoms with Crippen LogP contribution in [0.25, 0.3) is 0 Å². The second-order valence-electron chi connectivity index (χ2n) is 5.38. The molecule has 126 valence electrons. The first-order valence-corrected chi connectivity index (χ1v) is 7.58. The van der Waals surface area contributed by atoms with Gasteiger partial charge in [0, 0.05) is 18.9 Å². The Hall–Kier alpha value is -2.82.